The van der Waals surface area contributed by atoms with Gasteiger partial charge in [0, 0.05) is 44.0 Å². The van der Waals surface area contributed by atoms with Crippen molar-refractivity contribution in [2.24, 2.45) is 18.5 Å². The van der Waals surface area contributed by atoms with Gasteiger partial charge in [-0.15, -0.1) is 0 Å². The third-order valence-corrected chi connectivity index (χ3v) is 5.78. The van der Waals surface area contributed by atoms with Gasteiger partial charge in [-0.05, 0) is 36.5 Å². The Morgan fingerprint density at radius 3 is 2.52 bits per heavy atom. The molecule has 1 aromatic heterocycles. The summed E-state index contributed by atoms with van der Waals surface area (Å²) in [5.41, 5.74) is 10.9. The smallest absolute Gasteiger partial charge is 0.370 e. The highest BCUT2D eigenvalue weighted by atomic mass is 19.4. The van der Waals surface area contributed by atoms with Crippen LogP contribution in [-0.2, 0) is 24.4 Å². The first-order valence-electron chi connectivity index (χ1n) is 10.3. The number of amides is 2. The van der Waals surface area contributed by atoms with Crippen molar-refractivity contribution in [1.82, 2.24) is 19.8 Å². The molecule has 178 valence electrons. The van der Waals surface area contributed by atoms with Crippen molar-refractivity contribution < 1.29 is 22.8 Å². The minimum atomic E-state index is -4.67. The second-order valence-corrected chi connectivity index (χ2v) is 8.07. The molecule has 1 fully saturated rings. The number of halogens is 3. The van der Waals surface area contributed by atoms with E-state index < -0.39 is 35.6 Å². The first kappa shape index (κ1) is 24.2. The molecule has 9 nitrogen and oxygen atoms in total. The van der Waals surface area contributed by atoms with E-state index in [0.717, 1.165) is 11.8 Å². The molecule has 1 aliphatic rings. The van der Waals surface area contributed by atoms with Crippen molar-refractivity contribution in [3.63, 3.8) is 0 Å². The number of piperidine rings is 1. The number of hydrogen-bond donors (Lipinski definition) is 4. The molecule has 1 unspecified atom stereocenters. The minimum absolute atomic E-state index is 0.0770. The van der Waals surface area contributed by atoms with Crippen LogP contribution in [0.4, 0.5) is 13.2 Å². The number of guanidine groups is 1. The standard InChI is InChI=1S/C21H26F3N7O2/c1-30-11-28-10-14(30)9-17(25)19(33)31-6-4-12(5-7-31)15-3-2-13(18(32)29-20(26)27)8-16(15)21(22,23)24/h2-3,8,10-12,17H,4-7,9,25H2,1H3,(H4,26,27,29,32). The number of carbonyl (C=O) groups is 2. The van der Waals surface area contributed by atoms with Crippen molar-refractivity contribution in [2.75, 3.05) is 13.1 Å². The molecule has 1 atom stereocenters. The lowest BCUT2D eigenvalue weighted by Gasteiger charge is -2.34. The van der Waals surface area contributed by atoms with Gasteiger partial charge in [-0.3, -0.25) is 20.3 Å². The fourth-order valence-corrected chi connectivity index (χ4v) is 4.03. The van der Waals surface area contributed by atoms with Crippen molar-refractivity contribution in [3.05, 3.63) is 53.1 Å². The SMILES string of the molecule is Cn1cncc1CC(N)C(=O)N1CCC(c2ccc(C(=O)NC(=N)N)cc2C(F)(F)F)CC1. The zero-order valence-corrected chi connectivity index (χ0v) is 18.0. The minimum Gasteiger partial charge on any atom is -0.370 e. The Bertz CT molecular complexity index is 1040. The molecule has 6 N–H and O–H groups in total. The molecule has 33 heavy (non-hydrogen) atoms. The first-order valence-corrected chi connectivity index (χ1v) is 10.3. The topological polar surface area (TPSA) is 143 Å². The van der Waals surface area contributed by atoms with Crippen LogP contribution in [0.15, 0.2) is 30.7 Å². The van der Waals surface area contributed by atoms with Gasteiger partial charge in [0.2, 0.25) is 5.91 Å². The van der Waals surface area contributed by atoms with Gasteiger partial charge < -0.3 is 20.9 Å². The summed E-state index contributed by atoms with van der Waals surface area (Å²) in [7, 11) is 1.80. The molecule has 2 aromatic rings. The number of likely N-dealkylation sites (tertiary alicyclic amines) is 1. The van der Waals surface area contributed by atoms with E-state index in [2.05, 4.69) is 4.98 Å². The molecule has 0 radical (unpaired) electrons. The van der Waals surface area contributed by atoms with Crippen LogP contribution in [-0.4, -0.2) is 51.4 Å². The lowest BCUT2D eigenvalue weighted by Crippen LogP contribution is -2.48. The lowest BCUT2D eigenvalue weighted by molar-refractivity contribution is -0.139. The van der Waals surface area contributed by atoms with Gasteiger partial charge in [-0.1, -0.05) is 6.07 Å². The van der Waals surface area contributed by atoms with Gasteiger partial charge in [0.25, 0.3) is 5.91 Å². The van der Waals surface area contributed by atoms with Crippen LogP contribution < -0.4 is 16.8 Å². The third-order valence-electron chi connectivity index (χ3n) is 5.78. The Kier molecular flexibility index (Phi) is 7.06. The summed E-state index contributed by atoms with van der Waals surface area (Å²) >= 11 is 0. The maximum atomic E-state index is 13.7. The highest BCUT2D eigenvalue weighted by Gasteiger charge is 2.37. The number of carbonyl (C=O) groups excluding carboxylic acids is 2. The zero-order chi connectivity index (χ0) is 24.3. The van der Waals surface area contributed by atoms with Crippen LogP contribution in [0.2, 0.25) is 0 Å². The molecule has 1 saturated heterocycles. The van der Waals surface area contributed by atoms with Crippen LogP contribution in [0.1, 0.15) is 45.9 Å². The number of hydrogen-bond acceptors (Lipinski definition) is 5. The maximum absolute atomic E-state index is 13.7. The van der Waals surface area contributed by atoms with Crippen LogP contribution >= 0.6 is 0 Å². The number of rotatable bonds is 5. The van der Waals surface area contributed by atoms with Crippen molar-refractivity contribution in [3.8, 4) is 0 Å². The summed E-state index contributed by atoms with van der Waals surface area (Å²) in [6.45, 7) is 0.568. The predicted octanol–water partition coefficient (Wildman–Crippen LogP) is 1.34. The summed E-state index contributed by atoms with van der Waals surface area (Å²) in [5, 5.41) is 9.06. The second kappa shape index (κ2) is 9.61. The van der Waals surface area contributed by atoms with Crippen molar-refractivity contribution in [1.29, 1.82) is 5.41 Å². The molecule has 0 bridgehead atoms. The monoisotopic (exact) mass is 465 g/mol. The van der Waals surface area contributed by atoms with Gasteiger partial charge in [-0.25, -0.2) is 4.98 Å². The van der Waals surface area contributed by atoms with E-state index in [1.165, 1.54) is 12.1 Å². The van der Waals surface area contributed by atoms with Gasteiger partial charge in [-0.2, -0.15) is 13.2 Å². The van der Waals surface area contributed by atoms with Gasteiger partial charge in [0.05, 0.1) is 17.9 Å². The normalized spacial score (nSPS) is 15.8. The summed E-state index contributed by atoms with van der Waals surface area (Å²) in [4.78, 5) is 30.3. The maximum Gasteiger partial charge on any atom is 0.416 e. The van der Waals surface area contributed by atoms with E-state index in [1.807, 2.05) is 5.32 Å². The fourth-order valence-electron chi connectivity index (χ4n) is 4.03. The molecule has 3 rings (SSSR count). The van der Waals surface area contributed by atoms with Crippen molar-refractivity contribution >= 4 is 17.8 Å². The summed E-state index contributed by atoms with van der Waals surface area (Å²) in [6, 6.07) is 2.58. The molecular weight excluding hydrogens is 439 g/mol. The van der Waals surface area contributed by atoms with E-state index in [0.29, 0.717) is 19.3 Å². The van der Waals surface area contributed by atoms with E-state index in [9.17, 15) is 22.8 Å². The van der Waals surface area contributed by atoms with Crippen LogP contribution in [0, 0.1) is 5.41 Å². The largest absolute Gasteiger partial charge is 0.416 e. The number of nitrogens with one attached hydrogen (secondary N) is 2. The van der Waals surface area contributed by atoms with E-state index >= 15 is 0 Å². The zero-order valence-electron chi connectivity index (χ0n) is 18.0. The highest BCUT2D eigenvalue weighted by Crippen LogP contribution is 2.39. The van der Waals surface area contributed by atoms with Gasteiger partial charge in [0.1, 0.15) is 0 Å². The van der Waals surface area contributed by atoms with E-state index in [4.69, 9.17) is 16.9 Å². The molecule has 1 aromatic carbocycles. The number of nitrogens with two attached hydrogens (primary N) is 2. The molecule has 1 aliphatic heterocycles. The Hall–Kier alpha value is -3.41. The third kappa shape index (κ3) is 5.69. The molecule has 12 heteroatoms. The number of nitrogens with zero attached hydrogens (tertiary/aromatic N) is 3. The van der Waals surface area contributed by atoms with Gasteiger partial charge in [0.15, 0.2) is 5.96 Å². The molecule has 2 heterocycles. The Labute approximate surface area is 188 Å². The Morgan fingerprint density at radius 2 is 1.97 bits per heavy atom. The number of benzene rings is 1. The van der Waals surface area contributed by atoms with Gasteiger partial charge >= 0.3 is 6.18 Å². The number of aromatic nitrogens is 2. The summed E-state index contributed by atoms with van der Waals surface area (Å²) in [5.74, 6) is -2.22. The Balaban J connectivity index is 1.70. The Morgan fingerprint density at radius 1 is 1.30 bits per heavy atom. The lowest BCUT2D eigenvalue weighted by atomic mass is 9.85. The predicted molar refractivity (Wildman–Crippen MR) is 114 cm³/mol. The summed E-state index contributed by atoms with van der Waals surface area (Å²) in [6.07, 6.45) is -0.417. The molecule has 0 aliphatic carbocycles. The van der Waals surface area contributed by atoms with E-state index in [1.54, 1.807) is 29.0 Å². The molecule has 0 saturated carbocycles. The first-order chi connectivity index (χ1) is 15.5. The molecule has 2 amide bonds. The van der Waals surface area contributed by atoms with Crippen LogP contribution in [0.5, 0.6) is 0 Å². The number of alkyl halides is 3. The van der Waals surface area contributed by atoms with Crippen LogP contribution in [0.3, 0.4) is 0 Å². The molecular formula is C21H26F3N7O2. The quantitative estimate of drug-likeness (QED) is 0.389. The fraction of sp³-hybridized carbons (Fsp3) is 0.429. The number of imidazole rings is 1. The highest BCUT2D eigenvalue weighted by molar-refractivity contribution is 6.04. The number of aryl methyl sites for hydroxylation is 1. The van der Waals surface area contributed by atoms with Crippen LogP contribution in [0.25, 0.3) is 0 Å². The summed E-state index contributed by atoms with van der Waals surface area (Å²) < 4.78 is 43.0. The average Bonchev–Trinajstić information content (AvgIpc) is 3.16. The van der Waals surface area contributed by atoms with Crippen molar-refractivity contribution in [2.45, 2.75) is 37.4 Å². The average molecular weight is 465 g/mol. The second-order valence-electron chi connectivity index (χ2n) is 8.07. The van der Waals surface area contributed by atoms with E-state index in [-0.39, 0.29) is 30.1 Å². The molecule has 0 spiro atoms.